The van der Waals surface area contributed by atoms with Gasteiger partial charge in [-0.15, -0.1) is 0 Å². The zero-order valence-electron chi connectivity index (χ0n) is 25.6. The molecule has 46 heavy (non-hydrogen) atoms. The molecule has 1 aliphatic heterocycles. The lowest BCUT2D eigenvalue weighted by molar-refractivity contribution is -0.0473. The van der Waals surface area contributed by atoms with Gasteiger partial charge < -0.3 is 28.8 Å². The molecule has 5 aromatic rings. The van der Waals surface area contributed by atoms with Crippen LogP contribution >= 0.6 is 0 Å². The van der Waals surface area contributed by atoms with Gasteiger partial charge in [-0.1, -0.05) is 103 Å². The van der Waals surface area contributed by atoms with Gasteiger partial charge in [-0.2, -0.15) is 0 Å². The van der Waals surface area contributed by atoms with Gasteiger partial charge in [0.05, 0.1) is 13.2 Å². The lowest BCUT2D eigenvalue weighted by Crippen LogP contribution is -2.34. The number of carbonyl (C=O) groups is 1. The summed E-state index contributed by atoms with van der Waals surface area (Å²) in [5.74, 6) is 0.681. The van der Waals surface area contributed by atoms with Crippen molar-refractivity contribution in [3.63, 3.8) is 0 Å². The average Bonchev–Trinajstić information content (AvgIpc) is 3.09. The number of rotatable bonds is 12. The summed E-state index contributed by atoms with van der Waals surface area (Å²) < 4.78 is 31.6. The van der Waals surface area contributed by atoms with Gasteiger partial charge in [0.25, 0.3) is 0 Å². The summed E-state index contributed by atoms with van der Waals surface area (Å²) in [4.78, 5) is 13.6. The molecule has 0 bridgehead atoms. The van der Waals surface area contributed by atoms with Crippen LogP contribution in [0.2, 0.25) is 0 Å². The topological polar surface area (TPSA) is 83.5 Å². The van der Waals surface area contributed by atoms with Crippen LogP contribution in [0, 0.1) is 0 Å². The molecular weight excluding hydrogens is 580 g/mol. The highest BCUT2D eigenvalue weighted by Crippen LogP contribution is 2.48. The monoisotopic (exact) mass is 616 g/mol. The summed E-state index contributed by atoms with van der Waals surface area (Å²) in [6, 6.07) is 38.1. The molecule has 0 unspecified atom stereocenters. The van der Waals surface area contributed by atoms with Crippen LogP contribution in [-0.2, 0) is 35.7 Å². The van der Waals surface area contributed by atoms with Gasteiger partial charge in [-0.05, 0) is 41.3 Å². The Morgan fingerprint density at radius 3 is 1.91 bits per heavy atom. The second kappa shape index (κ2) is 14.7. The third-order valence-electron chi connectivity index (χ3n) is 7.75. The Hall–Kier alpha value is -5.27. The summed E-state index contributed by atoms with van der Waals surface area (Å²) in [5.41, 5.74) is 4.52. The number of carbonyl (C=O) groups excluding carboxylic acids is 1. The number of phenols is 1. The Balaban J connectivity index is 1.44. The highest BCUT2D eigenvalue weighted by atomic mass is 16.6. The molecule has 7 nitrogen and oxygen atoms in total. The van der Waals surface area contributed by atoms with Gasteiger partial charge in [0.15, 0.2) is 6.10 Å². The van der Waals surface area contributed by atoms with Crippen molar-refractivity contribution in [2.24, 2.45) is 0 Å². The molecule has 0 saturated heterocycles. The molecule has 5 aromatic carbocycles. The maximum atomic E-state index is 13.6. The van der Waals surface area contributed by atoms with E-state index in [1.807, 2.05) is 97.1 Å². The molecule has 0 amide bonds. The summed E-state index contributed by atoms with van der Waals surface area (Å²) in [6.07, 6.45) is -0.750. The van der Waals surface area contributed by atoms with E-state index in [0.29, 0.717) is 48.0 Å². The minimum atomic E-state index is -0.650. The normalized spacial score (nSPS) is 15.3. The molecule has 2 atom stereocenters. The molecule has 1 heterocycles. The number of benzene rings is 5. The molecule has 0 saturated carbocycles. The molecule has 0 aliphatic carbocycles. The van der Waals surface area contributed by atoms with E-state index in [9.17, 15) is 9.90 Å². The van der Waals surface area contributed by atoms with Gasteiger partial charge in [0, 0.05) is 18.1 Å². The summed E-state index contributed by atoms with van der Waals surface area (Å²) in [7, 11) is 0. The fourth-order valence-corrected chi connectivity index (χ4v) is 5.51. The lowest BCUT2D eigenvalue weighted by atomic mass is 9.91. The molecular formula is C39H36O7. The first-order valence-corrected chi connectivity index (χ1v) is 15.4. The molecule has 0 aromatic heterocycles. The van der Waals surface area contributed by atoms with Crippen molar-refractivity contribution in [3.8, 4) is 23.0 Å². The summed E-state index contributed by atoms with van der Waals surface area (Å²) in [6.45, 7) is 2.81. The fraction of sp³-hybridized carbons (Fsp3) is 0.205. The van der Waals surface area contributed by atoms with E-state index >= 15 is 0 Å². The first-order valence-electron chi connectivity index (χ1n) is 15.4. The van der Waals surface area contributed by atoms with Crippen molar-refractivity contribution < 1.29 is 33.6 Å². The van der Waals surface area contributed by atoms with Crippen LogP contribution in [0.1, 0.15) is 51.2 Å². The van der Waals surface area contributed by atoms with Crippen LogP contribution in [-0.4, -0.2) is 23.8 Å². The van der Waals surface area contributed by atoms with Gasteiger partial charge >= 0.3 is 5.97 Å². The van der Waals surface area contributed by atoms with Crippen molar-refractivity contribution in [1.29, 1.82) is 0 Å². The van der Waals surface area contributed by atoms with E-state index in [1.54, 1.807) is 31.2 Å². The fourth-order valence-electron chi connectivity index (χ4n) is 5.51. The van der Waals surface area contributed by atoms with Crippen molar-refractivity contribution in [1.82, 2.24) is 0 Å². The Morgan fingerprint density at radius 1 is 0.739 bits per heavy atom. The van der Waals surface area contributed by atoms with Crippen molar-refractivity contribution in [2.75, 3.05) is 6.61 Å². The van der Waals surface area contributed by atoms with Gasteiger partial charge in [0.1, 0.15) is 47.9 Å². The average molecular weight is 617 g/mol. The predicted molar refractivity (Wildman–Crippen MR) is 174 cm³/mol. The van der Waals surface area contributed by atoms with Gasteiger partial charge in [0.2, 0.25) is 0 Å². The minimum Gasteiger partial charge on any atom is -0.508 e. The Labute approximate surface area is 268 Å². The number of esters is 1. The summed E-state index contributed by atoms with van der Waals surface area (Å²) in [5, 5.41) is 10.4. The summed E-state index contributed by atoms with van der Waals surface area (Å²) >= 11 is 0. The minimum absolute atomic E-state index is 0.103. The van der Waals surface area contributed by atoms with Crippen LogP contribution < -0.4 is 14.2 Å². The van der Waals surface area contributed by atoms with Gasteiger partial charge in [-0.3, -0.25) is 0 Å². The standard InChI is InChI=1S/C39H36O7/c1-2-42-39(41)36-34(44-25-28-15-8-4-9-16-28)23-33(43-24-27-13-6-3-7-14-27)32-22-35(45-26-29-17-10-5-11-18-29)37(46-38(32)36)30-19-12-20-31(40)21-30/h3-21,23,35,37,40H,2,22,24-26H2,1H3/t35-,37-/m1/s1. The molecule has 1 aliphatic rings. The number of aromatic hydroxyl groups is 1. The molecule has 6 rings (SSSR count). The van der Waals surface area contributed by atoms with Crippen LogP contribution in [0.4, 0.5) is 0 Å². The first kappa shape index (κ1) is 30.7. The highest BCUT2D eigenvalue weighted by Gasteiger charge is 2.39. The van der Waals surface area contributed by atoms with Gasteiger partial charge in [-0.25, -0.2) is 4.79 Å². The van der Waals surface area contributed by atoms with E-state index in [4.69, 9.17) is 23.7 Å². The lowest BCUT2D eigenvalue weighted by Gasteiger charge is -2.36. The molecule has 7 heteroatoms. The van der Waals surface area contributed by atoms with Crippen molar-refractivity contribution in [2.45, 2.75) is 45.4 Å². The smallest absolute Gasteiger partial charge is 0.345 e. The SMILES string of the molecule is CCOC(=O)c1c(OCc2ccccc2)cc(OCc2ccccc2)c2c1O[C@H](c1cccc(O)c1)[C@H](OCc1ccccc1)C2. The number of ether oxygens (including phenoxy) is 5. The Bertz CT molecular complexity index is 1740. The molecule has 0 radical (unpaired) electrons. The quantitative estimate of drug-likeness (QED) is 0.142. The number of fused-ring (bicyclic) bond motifs is 1. The Morgan fingerprint density at radius 2 is 1.33 bits per heavy atom. The van der Waals surface area contributed by atoms with E-state index in [-0.39, 0.29) is 24.5 Å². The van der Waals surface area contributed by atoms with E-state index < -0.39 is 18.2 Å². The maximum absolute atomic E-state index is 13.6. The third-order valence-corrected chi connectivity index (χ3v) is 7.75. The zero-order chi connectivity index (χ0) is 31.7. The second-order valence-electron chi connectivity index (χ2n) is 11.0. The van der Waals surface area contributed by atoms with Crippen LogP contribution in [0.5, 0.6) is 23.0 Å². The maximum Gasteiger partial charge on any atom is 0.345 e. The Kier molecular flexibility index (Phi) is 9.81. The number of hydrogen-bond acceptors (Lipinski definition) is 7. The highest BCUT2D eigenvalue weighted by molar-refractivity contribution is 5.97. The third kappa shape index (κ3) is 7.33. The number of hydrogen-bond donors (Lipinski definition) is 1. The van der Waals surface area contributed by atoms with Crippen molar-refractivity contribution in [3.05, 3.63) is 155 Å². The van der Waals surface area contributed by atoms with Crippen LogP contribution in [0.3, 0.4) is 0 Å². The molecule has 0 fully saturated rings. The second-order valence-corrected chi connectivity index (χ2v) is 11.0. The first-order chi connectivity index (χ1) is 22.6. The van der Waals surface area contributed by atoms with E-state index in [0.717, 1.165) is 16.7 Å². The van der Waals surface area contributed by atoms with Crippen molar-refractivity contribution >= 4 is 5.97 Å². The van der Waals surface area contributed by atoms with E-state index in [1.165, 1.54) is 0 Å². The number of phenolic OH excluding ortho intramolecular Hbond substituents is 1. The van der Waals surface area contributed by atoms with Crippen LogP contribution in [0.15, 0.2) is 121 Å². The predicted octanol–water partition coefficient (Wildman–Crippen LogP) is 7.99. The molecule has 0 spiro atoms. The molecule has 1 N–H and O–H groups in total. The largest absolute Gasteiger partial charge is 0.508 e. The van der Waals surface area contributed by atoms with E-state index in [2.05, 4.69) is 0 Å². The molecule has 234 valence electrons. The zero-order valence-corrected chi connectivity index (χ0v) is 25.6. The van der Waals surface area contributed by atoms with Crippen LogP contribution in [0.25, 0.3) is 0 Å².